The Morgan fingerprint density at radius 2 is 2.18 bits per heavy atom. The Morgan fingerprint density at radius 1 is 1.47 bits per heavy atom. The lowest BCUT2D eigenvalue weighted by molar-refractivity contribution is -0.124. The molecule has 1 aromatic rings. The van der Waals surface area contributed by atoms with Crippen LogP contribution in [0.25, 0.3) is 5.57 Å². The molecular formula is C15H17NO. The van der Waals surface area contributed by atoms with Crippen molar-refractivity contribution < 1.29 is 4.79 Å². The average Bonchev–Trinajstić information content (AvgIpc) is 2.66. The predicted molar refractivity (Wildman–Crippen MR) is 70.6 cm³/mol. The van der Waals surface area contributed by atoms with Gasteiger partial charge in [0, 0.05) is 13.6 Å². The van der Waals surface area contributed by atoms with Gasteiger partial charge in [0.05, 0.1) is 0 Å². The second kappa shape index (κ2) is 4.58. The van der Waals surface area contributed by atoms with Crippen LogP contribution in [0.3, 0.4) is 0 Å². The van der Waals surface area contributed by atoms with E-state index >= 15 is 0 Å². The molecule has 0 radical (unpaired) electrons. The first kappa shape index (κ1) is 11.6. The molecule has 0 heterocycles. The second-order valence-corrected chi connectivity index (χ2v) is 4.46. The third-order valence-electron chi connectivity index (χ3n) is 3.33. The molecule has 1 amide bonds. The van der Waals surface area contributed by atoms with Crippen molar-refractivity contribution in [3.63, 3.8) is 0 Å². The molecule has 0 unspecified atom stereocenters. The summed E-state index contributed by atoms with van der Waals surface area (Å²) in [6.07, 6.45) is 2.31. The molecule has 2 heteroatoms. The topological polar surface area (TPSA) is 20.3 Å². The van der Waals surface area contributed by atoms with E-state index in [4.69, 9.17) is 0 Å². The zero-order chi connectivity index (χ0) is 12.4. The standard InChI is InChI=1S/C15H17NO/c1-4-15(17)16(3)10-13-9-12-7-5-6-8-14(12)11(13)2/h4-8H,1,9-10H2,2-3H3. The van der Waals surface area contributed by atoms with Crippen LogP contribution in [0.4, 0.5) is 0 Å². The fraction of sp³-hybridized carbons (Fsp3) is 0.267. The van der Waals surface area contributed by atoms with E-state index in [0.717, 1.165) is 6.42 Å². The Balaban J connectivity index is 2.18. The van der Waals surface area contributed by atoms with E-state index in [9.17, 15) is 4.79 Å². The van der Waals surface area contributed by atoms with Crippen molar-refractivity contribution in [2.45, 2.75) is 13.3 Å². The van der Waals surface area contributed by atoms with Crippen LogP contribution in [0.5, 0.6) is 0 Å². The number of nitrogens with zero attached hydrogens (tertiary/aromatic N) is 1. The van der Waals surface area contributed by atoms with E-state index in [1.54, 1.807) is 4.90 Å². The third kappa shape index (κ3) is 2.16. The summed E-state index contributed by atoms with van der Waals surface area (Å²) >= 11 is 0. The van der Waals surface area contributed by atoms with Gasteiger partial charge in [-0.15, -0.1) is 0 Å². The Hall–Kier alpha value is -1.83. The summed E-state index contributed by atoms with van der Waals surface area (Å²) in [5.41, 5.74) is 5.31. The number of rotatable bonds is 3. The number of carbonyl (C=O) groups excluding carboxylic acids is 1. The highest BCUT2D eigenvalue weighted by Gasteiger charge is 2.19. The molecule has 1 aliphatic carbocycles. The minimum Gasteiger partial charge on any atom is -0.338 e. The van der Waals surface area contributed by atoms with Crippen LogP contribution in [0.15, 0.2) is 42.5 Å². The molecule has 0 atom stereocenters. The molecular weight excluding hydrogens is 210 g/mol. The maximum absolute atomic E-state index is 11.5. The van der Waals surface area contributed by atoms with Gasteiger partial charge in [-0.1, -0.05) is 30.8 Å². The molecule has 1 aromatic carbocycles. The molecule has 0 saturated heterocycles. The monoisotopic (exact) mass is 227 g/mol. The van der Waals surface area contributed by atoms with Gasteiger partial charge in [-0.25, -0.2) is 0 Å². The van der Waals surface area contributed by atoms with Gasteiger partial charge in [0.25, 0.3) is 0 Å². The molecule has 2 nitrogen and oxygen atoms in total. The lowest BCUT2D eigenvalue weighted by Gasteiger charge is -2.16. The van der Waals surface area contributed by atoms with E-state index in [2.05, 4.69) is 37.8 Å². The highest BCUT2D eigenvalue weighted by atomic mass is 16.2. The van der Waals surface area contributed by atoms with Crippen molar-refractivity contribution in [2.75, 3.05) is 13.6 Å². The summed E-state index contributed by atoms with van der Waals surface area (Å²) in [5, 5.41) is 0. The number of hydrogen-bond acceptors (Lipinski definition) is 1. The molecule has 0 spiro atoms. The molecule has 0 aliphatic heterocycles. The first-order valence-corrected chi connectivity index (χ1v) is 5.78. The van der Waals surface area contributed by atoms with E-state index < -0.39 is 0 Å². The zero-order valence-electron chi connectivity index (χ0n) is 10.4. The zero-order valence-corrected chi connectivity index (χ0v) is 10.4. The molecule has 88 valence electrons. The summed E-state index contributed by atoms with van der Waals surface area (Å²) in [7, 11) is 1.81. The Bertz CT molecular complexity index is 499. The van der Waals surface area contributed by atoms with Gasteiger partial charge in [0.15, 0.2) is 0 Å². The van der Waals surface area contributed by atoms with E-state index in [-0.39, 0.29) is 5.91 Å². The quantitative estimate of drug-likeness (QED) is 0.727. The van der Waals surface area contributed by atoms with Crippen LogP contribution in [0.2, 0.25) is 0 Å². The minimum absolute atomic E-state index is 0.0266. The van der Waals surface area contributed by atoms with Crippen LogP contribution in [0.1, 0.15) is 18.1 Å². The largest absolute Gasteiger partial charge is 0.338 e. The molecule has 2 rings (SSSR count). The Labute approximate surface area is 102 Å². The maximum Gasteiger partial charge on any atom is 0.245 e. The lowest BCUT2D eigenvalue weighted by Crippen LogP contribution is -2.27. The summed E-state index contributed by atoms with van der Waals surface area (Å²) in [6, 6.07) is 8.42. The molecule has 1 aliphatic rings. The molecule has 0 fully saturated rings. The van der Waals surface area contributed by atoms with Gasteiger partial charge in [-0.3, -0.25) is 4.79 Å². The van der Waals surface area contributed by atoms with Crippen LogP contribution >= 0.6 is 0 Å². The predicted octanol–water partition coefficient (Wildman–Crippen LogP) is 2.66. The van der Waals surface area contributed by atoms with Gasteiger partial charge >= 0.3 is 0 Å². The minimum atomic E-state index is -0.0266. The molecule has 17 heavy (non-hydrogen) atoms. The number of fused-ring (bicyclic) bond motifs is 1. The summed E-state index contributed by atoms with van der Waals surface area (Å²) < 4.78 is 0. The van der Waals surface area contributed by atoms with Gasteiger partial charge in [0.1, 0.15) is 0 Å². The van der Waals surface area contributed by atoms with Crippen molar-refractivity contribution in [1.29, 1.82) is 0 Å². The van der Waals surface area contributed by atoms with E-state index in [1.807, 2.05) is 7.05 Å². The van der Waals surface area contributed by atoms with Crippen molar-refractivity contribution in [1.82, 2.24) is 4.90 Å². The normalized spacial score (nSPS) is 13.5. The first-order chi connectivity index (χ1) is 8.13. The van der Waals surface area contributed by atoms with Crippen molar-refractivity contribution in [3.05, 3.63) is 53.6 Å². The summed E-state index contributed by atoms with van der Waals surface area (Å²) in [4.78, 5) is 13.2. The Kier molecular flexibility index (Phi) is 3.14. The third-order valence-corrected chi connectivity index (χ3v) is 3.33. The number of carbonyl (C=O) groups is 1. The summed E-state index contributed by atoms with van der Waals surface area (Å²) in [6.45, 7) is 6.33. The number of amides is 1. The highest BCUT2D eigenvalue weighted by Crippen LogP contribution is 2.32. The van der Waals surface area contributed by atoms with Crippen LogP contribution < -0.4 is 0 Å². The molecule has 0 bridgehead atoms. The van der Waals surface area contributed by atoms with Gasteiger partial charge in [-0.2, -0.15) is 0 Å². The number of likely N-dealkylation sites (N-methyl/N-ethyl adjacent to an activating group) is 1. The van der Waals surface area contributed by atoms with Gasteiger partial charge in [-0.05, 0) is 41.7 Å². The van der Waals surface area contributed by atoms with Gasteiger partial charge in [0.2, 0.25) is 5.91 Å². The molecule has 0 N–H and O–H groups in total. The van der Waals surface area contributed by atoms with Crippen LogP contribution in [-0.4, -0.2) is 24.4 Å². The second-order valence-electron chi connectivity index (χ2n) is 4.46. The van der Waals surface area contributed by atoms with Gasteiger partial charge < -0.3 is 4.90 Å². The SMILES string of the molecule is C=CC(=O)N(C)CC1=C(C)c2ccccc2C1. The fourth-order valence-electron chi connectivity index (χ4n) is 2.29. The first-order valence-electron chi connectivity index (χ1n) is 5.78. The number of allylic oxidation sites excluding steroid dienone is 1. The Morgan fingerprint density at radius 3 is 2.82 bits per heavy atom. The van der Waals surface area contributed by atoms with E-state index in [1.165, 1.54) is 28.3 Å². The van der Waals surface area contributed by atoms with Crippen molar-refractivity contribution in [3.8, 4) is 0 Å². The van der Waals surface area contributed by atoms with Crippen molar-refractivity contribution in [2.24, 2.45) is 0 Å². The molecule has 0 saturated carbocycles. The molecule has 0 aromatic heterocycles. The number of benzene rings is 1. The maximum atomic E-state index is 11.5. The smallest absolute Gasteiger partial charge is 0.245 e. The van der Waals surface area contributed by atoms with Crippen LogP contribution in [0, 0.1) is 0 Å². The highest BCUT2D eigenvalue weighted by molar-refractivity contribution is 5.87. The lowest BCUT2D eigenvalue weighted by atomic mass is 10.1. The summed E-state index contributed by atoms with van der Waals surface area (Å²) in [5.74, 6) is -0.0266. The number of hydrogen-bond donors (Lipinski definition) is 0. The fourth-order valence-corrected chi connectivity index (χ4v) is 2.29. The van der Waals surface area contributed by atoms with Crippen molar-refractivity contribution >= 4 is 11.5 Å². The average molecular weight is 227 g/mol. The van der Waals surface area contributed by atoms with E-state index in [0.29, 0.717) is 6.54 Å². The van der Waals surface area contributed by atoms with Crippen LogP contribution in [-0.2, 0) is 11.2 Å².